The van der Waals surface area contributed by atoms with Crippen LogP contribution in [0.5, 0.6) is 5.75 Å². The fourth-order valence-electron chi connectivity index (χ4n) is 2.16. The summed E-state index contributed by atoms with van der Waals surface area (Å²) in [6, 6.07) is 9.06. The molecule has 1 fully saturated rings. The molecule has 1 aromatic carbocycles. The van der Waals surface area contributed by atoms with Crippen LogP contribution in [0, 0.1) is 11.3 Å². The molecule has 1 heterocycles. The maximum Gasteiger partial charge on any atom is 0.276 e. The monoisotopic (exact) mass is 310 g/mol. The van der Waals surface area contributed by atoms with E-state index in [0.717, 1.165) is 0 Å². The second kappa shape index (κ2) is 6.87. The molecule has 1 aliphatic heterocycles. The van der Waals surface area contributed by atoms with E-state index in [4.69, 9.17) is 15.1 Å². The number of nitrogens with two attached hydrogens (primary N) is 1. The molecule has 1 saturated heterocycles. The smallest absolute Gasteiger partial charge is 0.276 e. The van der Waals surface area contributed by atoms with Gasteiger partial charge >= 0.3 is 0 Å². The van der Waals surface area contributed by atoms with Crippen LogP contribution in [0.2, 0.25) is 0 Å². The quantitative estimate of drug-likeness (QED) is 0.809. The van der Waals surface area contributed by atoms with E-state index in [-0.39, 0.29) is 0 Å². The Balaban J connectivity index is 1.74. The summed E-state index contributed by atoms with van der Waals surface area (Å²) in [6.45, 7) is 3.28. The molecule has 1 aromatic rings. The van der Waals surface area contributed by atoms with Crippen molar-refractivity contribution in [2.75, 3.05) is 39.3 Å². The summed E-state index contributed by atoms with van der Waals surface area (Å²) >= 11 is 0. The van der Waals surface area contributed by atoms with Gasteiger partial charge in [-0.25, -0.2) is 5.14 Å². The zero-order valence-electron chi connectivity index (χ0n) is 11.6. The molecular weight excluding hydrogens is 292 g/mol. The van der Waals surface area contributed by atoms with Crippen LogP contribution in [-0.2, 0) is 10.2 Å². The Morgan fingerprint density at radius 3 is 2.62 bits per heavy atom. The first-order chi connectivity index (χ1) is 9.99. The lowest BCUT2D eigenvalue weighted by atomic mass is 10.2. The van der Waals surface area contributed by atoms with Crippen molar-refractivity contribution in [3.8, 4) is 11.8 Å². The van der Waals surface area contributed by atoms with Gasteiger partial charge in [0.05, 0.1) is 11.6 Å². The molecule has 0 amide bonds. The van der Waals surface area contributed by atoms with Crippen molar-refractivity contribution in [1.82, 2.24) is 9.21 Å². The maximum atomic E-state index is 11.2. The third-order valence-corrected chi connectivity index (χ3v) is 4.42. The Kier molecular flexibility index (Phi) is 5.14. The summed E-state index contributed by atoms with van der Waals surface area (Å²) in [6.07, 6.45) is 0. The van der Waals surface area contributed by atoms with E-state index >= 15 is 0 Å². The summed E-state index contributed by atoms with van der Waals surface area (Å²) in [7, 11) is -3.58. The number of nitriles is 1. The van der Waals surface area contributed by atoms with Gasteiger partial charge in [-0.15, -0.1) is 0 Å². The third kappa shape index (κ3) is 4.68. The van der Waals surface area contributed by atoms with E-state index in [1.807, 2.05) is 0 Å². The highest BCUT2D eigenvalue weighted by Crippen LogP contribution is 2.12. The summed E-state index contributed by atoms with van der Waals surface area (Å²) in [5.41, 5.74) is 0.564. The predicted octanol–water partition coefficient (Wildman–Crippen LogP) is -0.242. The maximum absolute atomic E-state index is 11.2. The predicted molar refractivity (Wildman–Crippen MR) is 77.8 cm³/mol. The van der Waals surface area contributed by atoms with Gasteiger partial charge in [0.2, 0.25) is 0 Å². The Labute approximate surface area is 124 Å². The van der Waals surface area contributed by atoms with Crippen LogP contribution in [0.15, 0.2) is 24.3 Å². The van der Waals surface area contributed by atoms with Gasteiger partial charge in [0.25, 0.3) is 10.2 Å². The molecule has 0 radical (unpaired) electrons. The van der Waals surface area contributed by atoms with Crippen molar-refractivity contribution in [1.29, 1.82) is 5.26 Å². The molecule has 2 N–H and O–H groups in total. The van der Waals surface area contributed by atoms with Gasteiger partial charge in [-0.3, -0.25) is 4.90 Å². The second-order valence-corrected chi connectivity index (χ2v) is 6.32. The number of nitrogens with zero attached hydrogens (tertiary/aromatic N) is 3. The molecule has 0 bridgehead atoms. The van der Waals surface area contributed by atoms with Crippen LogP contribution in [0.4, 0.5) is 0 Å². The van der Waals surface area contributed by atoms with Crippen molar-refractivity contribution in [3.05, 3.63) is 29.8 Å². The van der Waals surface area contributed by atoms with Crippen LogP contribution in [0.25, 0.3) is 0 Å². The van der Waals surface area contributed by atoms with Gasteiger partial charge in [-0.05, 0) is 18.2 Å². The standard InChI is InChI=1S/C13H18N4O3S/c14-11-12-2-1-3-13(10-12)20-9-8-16-4-6-17(7-5-16)21(15,18)19/h1-3,10H,4-9H2,(H2,15,18,19). The van der Waals surface area contributed by atoms with Gasteiger partial charge < -0.3 is 4.74 Å². The Hall–Kier alpha value is -1.66. The van der Waals surface area contributed by atoms with E-state index in [1.54, 1.807) is 24.3 Å². The lowest BCUT2D eigenvalue weighted by Crippen LogP contribution is -2.51. The second-order valence-electron chi connectivity index (χ2n) is 4.77. The average Bonchev–Trinajstić information content (AvgIpc) is 2.47. The van der Waals surface area contributed by atoms with Gasteiger partial charge in [-0.2, -0.15) is 18.0 Å². The molecule has 7 nitrogen and oxygen atoms in total. The summed E-state index contributed by atoms with van der Waals surface area (Å²) in [4.78, 5) is 2.12. The number of hydrogen-bond acceptors (Lipinski definition) is 5. The molecule has 114 valence electrons. The minimum Gasteiger partial charge on any atom is -0.492 e. The highest BCUT2D eigenvalue weighted by molar-refractivity contribution is 7.86. The molecule has 8 heteroatoms. The SMILES string of the molecule is N#Cc1cccc(OCCN2CCN(S(N)(=O)=O)CC2)c1. The van der Waals surface area contributed by atoms with E-state index in [0.29, 0.717) is 50.6 Å². The van der Waals surface area contributed by atoms with E-state index in [2.05, 4.69) is 11.0 Å². The number of ether oxygens (including phenoxy) is 1. The first-order valence-electron chi connectivity index (χ1n) is 6.62. The van der Waals surface area contributed by atoms with Gasteiger partial charge in [-0.1, -0.05) is 6.07 Å². The molecule has 0 spiro atoms. The van der Waals surface area contributed by atoms with Crippen LogP contribution in [-0.4, -0.2) is 57.0 Å². The highest BCUT2D eigenvalue weighted by Gasteiger charge is 2.23. The Morgan fingerprint density at radius 2 is 2.00 bits per heavy atom. The molecule has 1 aliphatic rings. The normalized spacial score (nSPS) is 17.3. The zero-order chi connectivity index (χ0) is 15.3. The fourth-order valence-corrected chi connectivity index (χ4v) is 2.83. The molecular formula is C13H18N4O3S. The topological polar surface area (TPSA) is 99.7 Å². The molecule has 21 heavy (non-hydrogen) atoms. The van der Waals surface area contributed by atoms with Crippen molar-refractivity contribution in [2.24, 2.45) is 5.14 Å². The van der Waals surface area contributed by atoms with E-state index in [1.165, 1.54) is 4.31 Å². The van der Waals surface area contributed by atoms with Crippen molar-refractivity contribution in [2.45, 2.75) is 0 Å². The highest BCUT2D eigenvalue weighted by atomic mass is 32.2. The van der Waals surface area contributed by atoms with Crippen LogP contribution in [0.3, 0.4) is 0 Å². The van der Waals surface area contributed by atoms with Crippen LogP contribution < -0.4 is 9.88 Å². The number of piperazine rings is 1. The van der Waals surface area contributed by atoms with Crippen LogP contribution in [0.1, 0.15) is 5.56 Å². The van der Waals surface area contributed by atoms with E-state index in [9.17, 15) is 8.42 Å². The molecule has 0 aliphatic carbocycles. The Bertz CT molecular complexity index is 619. The zero-order valence-corrected chi connectivity index (χ0v) is 12.4. The fraction of sp³-hybridized carbons (Fsp3) is 0.462. The van der Waals surface area contributed by atoms with Gasteiger partial charge in [0.15, 0.2) is 0 Å². The number of benzene rings is 1. The molecule has 0 aromatic heterocycles. The minimum absolute atomic E-state index is 0.406. The lowest BCUT2D eigenvalue weighted by Gasteiger charge is -2.32. The molecule has 0 unspecified atom stereocenters. The van der Waals surface area contributed by atoms with Crippen LogP contribution >= 0.6 is 0 Å². The van der Waals surface area contributed by atoms with Gasteiger partial charge in [0, 0.05) is 32.7 Å². The molecule has 0 atom stereocenters. The third-order valence-electron chi connectivity index (χ3n) is 3.33. The average molecular weight is 310 g/mol. The molecule has 2 rings (SSSR count). The van der Waals surface area contributed by atoms with Gasteiger partial charge in [0.1, 0.15) is 12.4 Å². The first kappa shape index (κ1) is 15.7. The molecule has 0 saturated carbocycles. The van der Waals surface area contributed by atoms with E-state index < -0.39 is 10.2 Å². The Morgan fingerprint density at radius 1 is 1.29 bits per heavy atom. The minimum atomic E-state index is -3.58. The first-order valence-corrected chi connectivity index (χ1v) is 8.12. The largest absolute Gasteiger partial charge is 0.492 e. The van der Waals surface area contributed by atoms with Crippen molar-refractivity contribution in [3.63, 3.8) is 0 Å². The summed E-state index contributed by atoms with van der Waals surface area (Å²) in [5.74, 6) is 0.664. The number of hydrogen-bond donors (Lipinski definition) is 1. The lowest BCUT2D eigenvalue weighted by molar-refractivity contribution is 0.159. The van der Waals surface area contributed by atoms with Crippen molar-refractivity contribution < 1.29 is 13.2 Å². The number of rotatable bonds is 5. The summed E-state index contributed by atoms with van der Waals surface area (Å²) < 4.78 is 29.2. The van der Waals surface area contributed by atoms with Crippen molar-refractivity contribution >= 4 is 10.2 Å². The summed E-state index contributed by atoms with van der Waals surface area (Å²) in [5, 5.41) is 13.9.